The fourth-order valence-corrected chi connectivity index (χ4v) is 7.32. The van der Waals surface area contributed by atoms with Gasteiger partial charge in [0.25, 0.3) is 5.91 Å². The molecule has 3 atom stereocenters. The number of halogens is 1. The third kappa shape index (κ3) is 5.25. The van der Waals surface area contributed by atoms with Crippen molar-refractivity contribution in [1.29, 1.82) is 0 Å². The van der Waals surface area contributed by atoms with E-state index in [1.807, 2.05) is 36.4 Å². The van der Waals surface area contributed by atoms with E-state index >= 15 is 0 Å². The van der Waals surface area contributed by atoms with Crippen molar-refractivity contribution in [2.24, 2.45) is 0 Å². The first-order valence-corrected chi connectivity index (χ1v) is 14.4. The van der Waals surface area contributed by atoms with Crippen LogP contribution in [0, 0.1) is 0 Å². The van der Waals surface area contributed by atoms with Crippen molar-refractivity contribution < 1.29 is 32.5 Å². The van der Waals surface area contributed by atoms with E-state index in [1.165, 1.54) is 19.2 Å². The number of hydrogen-bond donors (Lipinski definition) is 0. The molecule has 3 aromatic rings. The van der Waals surface area contributed by atoms with Crippen LogP contribution < -0.4 is 0 Å². The Morgan fingerprint density at radius 2 is 1.68 bits per heavy atom. The van der Waals surface area contributed by atoms with Crippen molar-refractivity contribution in [3.05, 3.63) is 119 Å². The third-order valence-electron chi connectivity index (χ3n) is 6.66. The third-order valence-corrected chi connectivity index (χ3v) is 8.86. The lowest BCUT2D eigenvalue weighted by Crippen LogP contribution is -2.76. The smallest absolute Gasteiger partial charge is 0.333 e. The Balaban J connectivity index is 1.55. The lowest BCUT2D eigenvalue weighted by atomic mass is 9.90. The van der Waals surface area contributed by atoms with Crippen molar-refractivity contribution in [2.45, 2.75) is 30.0 Å². The zero-order chi connectivity index (χ0) is 28.5. The monoisotopic (exact) mass is 580 g/mol. The van der Waals surface area contributed by atoms with E-state index in [0.717, 1.165) is 4.90 Å². The first-order valence-electron chi connectivity index (χ1n) is 12.3. The van der Waals surface area contributed by atoms with Gasteiger partial charge in [-0.2, -0.15) is 4.89 Å². The lowest BCUT2D eigenvalue weighted by Gasteiger charge is -2.53. The zero-order valence-corrected chi connectivity index (χ0v) is 22.9. The normalized spacial score (nSPS) is 24.2. The van der Waals surface area contributed by atoms with Crippen LogP contribution in [0.2, 0.25) is 0 Å². The number of hydrogen-bond acceptors (Lipinski definition) is 8. The maximum atomic E-state index is 14.0. The summed E-state index contributed by atoms with van der Waals surface area (Å²) in [6.45, 7) is 4.73. The Labute approximate surface area is 236 Å². The summed E-state index contributed by atoms with van der Waals surface area (Å²) in [7, 11) is -4.06. The molecule has 11 heteroatoms. The number of amides is 1. The number of carbonyl (C=O) groups excluding carboxylic acids is 2. The maximum absolute atomic E-state index is 14.0. The number of nitrogens with zero attached hydrogens (tertiary/aromatic N) is 2. The van der Waals surface area contributed by atoms with Gasteiger partial charge in [0.1, 0.15) is 0 Å². The van der Waals surface area contributed by atoms with Gasteiger partial charge in [-0.05, 0) is 54.4 Å². The Morgan fingerprint density at radius 3 is 2.23 bits per heavy atom. The molecule has 0 bridgehead atoms. The highest BCUT2D eigenvalue weighted by molar-refractivity contribution is 7.92. The molecule has 2 saturated heterocycles. The van der Waals surface area contributed by atoms with Gasteiger partial charge in [0.2, 0.25) is 5.22 Å². The van der Waals surface area contributed by atoms with E-state index in [9.17, 15) is 18.0 Å². The van der Waals surface area contributed by atoms with Gasteiger partial charge in [0.15, 0.2) is 33.0 Å². The number of ether oxygens (including phenoxy) is 1. The quantitative estimate of drug-likeness (QED) is 0.0974. The van der Waals surface area contributed by atoms with Crippen molar-refractivity contribution >= 4 is 39.4 Å². The average Bonchev–Trinajstić information content (AvgIpc) is 2.94. The van der Waals surface area contributed by atoms with Crippen molar-refractivity contribution in [3.63, 3.8) is 0 Å². The van der Waals surface area contributed by atoms with Crippen molar-refractivity contribution in [3.8, 4) is 0 Å². The summed E-state index contributed by atoms with van der Waals surface area (Å²) < 4.78 is 33.0. The highest BCUT2D eigenvalue weighted by Crippen LogP contribution is 2.45. The summed E-state index contributed by atoms with van der Waals surface area (Å²) in [6, 6.07) is 21.7. The number of β-lactam (4-membered cyclic amide) rings is 1. The number of sulfone groups is 1. The Bertz CT molecular complexity index is 1530. The molecule has 2 aromatic carbocycles. The van der Waals surface area contributed by atoms with Crippen LogP contribution in [0.3, 0.4) is 0 Å². The standard InChI is InChI=1S/C29H25ClN2O7S/c1-19(30)38-39-29(2)18-40(35,36)27-23(17-22-15-9-10-16-31-22)26(33)32(27)25(29)28(34)37-24(20-11-5-3-6-12-20)21-13-7-4-8-14-21/h3-17,24-25,27H,1,18H2,2H3/b23-17-/t25-,27+,29?/m0/s1. The second-order valence-electron chi connectivity index (χ2n) is 9.60. The molecule has 206 valence electrons. The molecule has 1 aromatic heterocycles. The summed E-state index contributed by atoms with van der Waals surface area (Å²) >= 11 is 5.72. The fourth-order valence-electron chi connectivity index (χ4n) is 5.01. The summed E-state index contributed by atoms with van der Waals surface area (Å²) in [5.41, 5.74) is -0.126. The van der Waals surface area contributed by atoms with Gasteiger partial charge in [-0.3, -0.25) is 9.78 Å². The number of pyridine rings is 1. The van der Waals surface area contributed by atoms with E-state index in [0.29, 0.717) is 16.8 Å². The van der Waals surface area contributed by atoms with E-state index < -0.39 is 50.6 Å². The molecule has 5 rings (SSSR count). The van der Waals surface area contributed by atoms with Crippen LogP contribution in [0.5, 0.6) is 0 Å². The van der Waals surface area contributed by atoms with Crippen molar-refractivity contribution in [1.82, 2.24) is 9.88 Å². The molecule has 3 heterocycles. The fraction of sp³-hybridized carbons (Fsp3) is 0.207. The highest BCUT2D eigenvalue weighted by Gasteiger charge is 2.66. The Hall–Kier alpha value is -3.99. The number of rotatable bonds is 8. The Morgan fingerprint density at radius 1 is 1.07 bits per heavy atom. The van der Waals surface area contributed by atoms with Crippen LogP contribution in [-0.2, 0) is 33.9 Å². The second kappa shape index (κ2) is 10.9. The molecule has 0 radical (unpaired) electrons. The molecule has 1 unspecified atom stereocenters. The van der Waals surface area contributed by atoms with Crippen molar-refractivity contribution in [2.75, 3.05) is 5.75 Å². The van der Waals surface area contributed by atoms with Gasteiger partial charge in [-0.1, -0.05) is 66.7 Å². The highest BCUT2D eigenvalue weighted by atomic mass is 35.5. The SMILES string of the molecule is C=C(Cl)OOC1(C)CS(=O)(=O)[C@@H]2/C(=C\c3ccccn3)C(=O)N2[C@H]1C(=O)OC(c1ccccc1)c1ccccc1. The van der Waals surface area contributed by atoms with E-state index in [1.54, 1.807) is 42.5 Å². The molecule has 9 nitrogen and oxygen atoms in total. The van der Waals surface area contributed by atoms with Gasteiger partial charge < -0.3 is 14.5 Å². The zero-order valence-electron chi connectivity index (χ0n) is 21.3. The first kappa shape index (κ1) is 27.6. The molecular weight excluding hydrogens is 556 g/mol. The molecule has 2 aliphatic rings. The summed E-state index contributed by atoms with van der Waals surface area (Å²) in [5.74, 6) is -2.22. The number of carbonyl (C=O) groups is 2. The van der Waals surface area contributed by atoms with Crippen LogP contribution in [0.4, 0.5) is 0 Å². The molecule has 2 aliphatic heterocycles. The van der Waals surface area contributed by atoms with Crippen LogP contribution in [0.25, 0.3) is 6.08 Å². The topological polar surface area (TPSA) is 112 Å². The molecule has 0 N–H and O–H groups in total. The minimum absolute atomic E-state index is 0.0103. The largest absolute Gasteiger partial charge is 0.451 e. The van der Waals surface area contributed by atoms with Crippen LogP contribution in [0.15, 0.2) is 102 Å². The van der Waals surface area contributed by atoms with Crippen LogP contribution in [-0.4, -0.2) is 52.9 Å². The average molecular weight is 581 g/mol. The molecule has 40 heavy (non-hydrogen) atoms. The van der Waals surface area contributed by atoms with Gasteiger partial charge in [0, 0.05) is 6.20 Å². The second-order valence-corrected chi connectivity index (χ2v) is 12.1. The number of benzene rings is 2. The summed E-state index contributed by atoms with van der Waals surface area (Å²) in [4.78, 5) is 42.9. The number of aromatic nitrogens is 1. The summed E-state index contributed by atoms with van der Waals surface area (Å²) in [6.07, 6.45) is 2.08. The van der Waals surface area contributed by atoms with E-state index in [4.69, 9.17) is 26.1 Å². The van der Waals surface area contributed by atoms with Gasteiger partial charge in [0.05, 0.1) is 17.0 Å². The van der Waals surface area contributed by atoms with Gasteiger partial charge in [-0.25, -0.2) is 13.2 Å². The molecule has 1 amide bonds. The van der Waals surface area contributed by atoms with Crippen LogP contribution in [0.1, 0.15) is 29.8 Å². The maximum Gasteiger partial charge on any atom is 0.333 e. The predicted molar refractivity (Wildman–Crippen MR) is 147 cm³/mol. The molecular formula is C29H25ClN2O7S. The molecule has 0 spiro atoms. The molecule has 2 fully saturated rings. The van der Waals surface area contributed by atoms with Gasteiger partial charge in [-0.15, -0.1) is 0 Å². The Kier molecular flexibility index (Phi) is 7.50. The number of esters is 1. The molecule has 0 aliphatic carbocycles. The first-order chi connectivity index (χ1) is 19.1. The lowest BCUT2D eigenvalue weighted by molar-refractivity contribution is -0.332. The van der Waals surface area contributed by atoms with Crippen LogP contribution >= 0.6 is 11.6 Å². The predicted octanol–water partition coefficient (Wildman–Crippen LogP) is 4.18. The summed E-state index contributed by atoms with van der Waals surface area (Å²) in [5, 5.41) is -1.78. The minimum Gasteiger partial charge on any atom is -0.451 e. The van der Waals surface area contributed by atoms with Gasteiger partial charge >= 0.3 is 5.97 Å². The van der Waals surface area contributed by atoms with E-state index in [2.05, 4.69) is 11.6 Å². The minimum atomic E-state index is -4.06. The van der Waals surface area contributed by atoms with E-state index in [-0.39, 0.29) is 10.8 Å². The number of fused-ring (bicyclic) bond motifs is 1. The molecule has 0 saturated carbocycles.